The quantitative estimate of drug-likeness (QED) is 0.744. The van der Waals surface area contributed by atoms with Gasteiger partial charge in [-0.1, -0.05) is 17.7 Å². The predicted octanol–water partition coefficient (Wildman–Crippen LogP) is 2.31. The molecule has 0 saturated carbocycles. The number of ether oxygens (including phenoxy) is 1. The van der Waals surface area contributed by atoms with Crippen LogP contribution in [0.15, 0.2) is 48.5 Å². The molecule has 1 aliphatic heterocycles. The average molecular weight is 388 g/mol. The first-order valence-electron chi connectivity index (χ1n) is 8.42. The molecule has 1 saturated heterocycles. The fourth-order valence-electron chi connectivity index (χ4n) is 2.54. The van der Waals surface area contributed by atoms with Crippen LogP contribution >= 0.6 is 11.6 Å². The first-order valence-corrected chi connectivity index (χ1v) is 8.80. The van der Waals surface area contributed by atoms with Gasteiger partial charge in [0.2, 0.25) is 11.8 Å². The summed E-state index contributed by atoms with van der Waals surface area (Å²) in [5, 5.41) is 4.54. The molecule has 27 heavy (non-hydrogen) atoms. The van der Waals surface area contributed by atoms with Crippen molar-refractivity contribution in [2.24, 2.45) is 0 Å². The first kappa shape index (κ1) is 18.7. The molecular weight excluding hydrogens is 370 g/mol. The van der Waals surface area contributed by atoms with E-state index in [4.69, 9.17) is 16.3 Å². The number of hydrogen-bond donors (Lipinski definition) is 2. The predicted molar refractivity (Wildman–Crippen MR) is 101 cm³/mol. The van der Waals surface area contributed by atoms with Crippen molar-refractivity contribution < 1.29 is 19.1 Å². The Labute approximate surface area is 161 Å². The molecule has 0 radical (unpaired) electrons. The van der Waals surface area contributed by atoms with Crippen LogP contribution in [0.5, 0.6) is 5.75 Å². The van der Waals surface area contributed by atoms with Crippen molar-refractivity contribution in [3.05, 3.63) is 59.1 Å². The van der Waals surface area contributed by atoms with Crippen LogP contribution in [0, 0.1) is 0 Å². The van der Waals surface area contributed by atoms with Gasteiger partial charge in [-0.05, 0) is 42.5 Å². The lowest BCUT2D eigenvalue weighted by Crippen LogP contribution is -2.50. The number of benzene rings is 2. The molecule has 3 rings (SSSR count). The van der Waals surface area contributed by atoms with Crippen LogP contribution in [0.3, 0.4) is 0 Å². The standard InChI is InChI=1S/C19H18ClN3O4/c20-14-2-1-3-16(12-14)27-11-10-21-19(26)13-4-6-15(7-5-13)23-18(25)9-8-17(24)22-23/h1-7,12H,8-11H2,(H,21,26)(H,22,24). The molecule has 0 bridgehead atoms. The Kier molecular flexibility index (Phi) is 5.93. The van der Waals surface area contributed by atoms with Gasteiger partial charge in [0, 0.05) is 23.4 Å². The second-order valence-corrected chi connectivity index (χ2v) is 6.31. The SMILES string of the molecule is O=C1CCC(=O)N(c2ccc(C(=O)NCCOc3cccc(Cl)c3)cc2)N1. The number of hydrogen-bond acceptors (Lipinski definition) is 4. The Morgan fingerprint density at radius 1 is 1.15 bits per heavy atom. The highest BCUT2D eigenvalue weighted by molar-refractivity contribution is 6.30. The molecule has 3 amide bonds. The van der Waals surface area contributed by atoms with Crippen LogP contribution in [0.2, 0.25) is 5.02 Å². The van der Waals surface area contributed by atoms with Gasteiger partial charge in [-0.25, -0.2) is 5.01 Å². The molecule has 2 N–H and O–H groups in total. The number of amides is 3. The van der Waals surface area contributed by atoms with E-state index in [-0.39, 0.29) is 30.6 Å². The van der Waals surface area contributed by atoms with E-state index in [9.17, 15) is 14.4 Å². The van der Waals surface area contributed by atoms with Gasteiger partial charge in [0.1, 0.15) is 12.4 Å². The van der Waals surface area contributed by atoms with E-state index in [0.29, 0.717) is 35.2 Å². The van der Waals surface area contributed by atoms with E-state index in [1.807, 2.05) is 0 Å². The van der Waals surface area contributed by atoms with Gasteiger partial charge in [0.15, 0.2) is 0 Å². The van der Waals surface area contributed by atoms with E-state index in [0.717, 1.165) is 0 Å². The summed E-state index contributed by atoms with van der Waals surface area (Å²) in [6.07, 6.45) is 0.355. The highest BCUT2D eigenvalue weighted by Gasteiger charge is 2.24. The van der Waals surface area contributed by atoms with E-state index in [2.05, 4.69) is 10.7 Å². The fraction of sp³-hybridized carbons (Fsp3) is 0.211. The number of anilines is 1. The number of hydrazine groups is 1. The Morgan fingerprint density at radius 2 is 1.93 bits per heavy atom. The lowest BCUT2D eigenvalue weighted by atomic mass is 10.1. The van der Waals surface area contributed by atoms with Gasteiger partial charge in [0.05, 0.1) is 12.2 Å². The first-order chi connectivity index (χ1) is 13.0. The van der Waals surface area contributed by atoms with Crippen LogP contribution in [-0.4, -0.2) is 30.9 Å². The van der Waals surface area contributed by atoms with E-state index in [1.165, 1.54) is 5.01 Å². The molecule has 140 valence electrons. The number of carbonyl (C=O) groups is 3. The molecular formula is C19H18ClN3O4. The van der Waals surface area contributed by atoms with Crippen molar-refractivity contribution in [3.8, 4) is 5.75 Å². The number of nitrogens with one attached hydrogen (secondary N) is 2. The van der Waals surface area contributed by atoms with Crippen LogP contribution < -0.4 is 20.5 Å². The second kappa shape index (κ2) is 8.55. The third kappa shape index (κ3) is 4.98. The molecule has 0 aromatic heterocycles. The average Bonchev–Trinajstić information content (AvgIpc) is 2.67. The molecule has 7 nitrogen and oxygen atoms in total. The number of halogens is 1. The van der Waals surface area contributed by atoms with E-state index in [1.54, 1.807) is 48.5 Å². The molecule has 1 aliphatic rings. The maximum atomic E-state index is 12.2. The maximum absolute atomic E-state index is 12.2. The summed E-state index contributed by atoms with van der Waals surface area (Å²) in [6.45, 7) is 0.631. The minimum atomic E-state index is -0.259. The van der Waals surface area contributed by atoms with Crippen molar-refractivity contribution >= 4 is 35.0 Å². The zero-order valence-electron chi connectivity index (χ0n) is 14.4. The van der Waals surface area contributed by atoms with Crippen molar-refractivity contribution in [2.45, 2.75) is 12.8 Å². The second-order valence-electron chi connectivity index (χ2n) is 5.87. The van der Waals surface area contributed by atoms with Gasteiger partial charge in [0.25, 0.3) is 5.91 Å². The summed E-state index contributed by atoms with van der Waals surface area (Å²) in [5.74, 6) is -0.0271. The molecule has 2 aromatic rings. The van der Waals surface area contributed by atoms with Crippen molar-refractivity contribution in [1.82, 2.24) is 10.7 Å². The topological polar surface area (TPSA) is 87.7 Å². The van der Waals surface area contributed by atoms with Gasteiger partial charge in [-0.2, -0.15) is 0 Å². The Balaban J connectivity index is 1.50. The maximum Gasteiger partial charge on any atom is 0.251 e. The lowest BCUT2D eigenvalue weighted by Gasteiger charge is -2.27. The van der Waals surface area contributed by atoms with Gasteiger partial charge in [-0.3, -0.25) is 19.8 Å². The Hall–Kier alpha value is -3.06. The van der Waals surface area contributed by atoms with Crippen molar-refractivity contribution in [2.75, 3.05) is 18.2 Å². The Bertz CT molecular complexity index is 854. The highest BCUT2D eigenvalue weighted by Crippen LogP contribution is 2.18. The monoisotopic (exact) mass is 387 g/mol. The van der Waals surface area contributed by atoms with Crippen LogP contribution in [0.1, 0.15) is 23.2 Å². The van der Waals surface area contributed by atoms with Gasteiger partial charge in [-0.15, -0.1) is 0 Å². The summed E-state index contributed by atoms with van der Waals surface area (Å²) in [4.78, 5) is 35.5. The van der Waals surface area contributed by atoms with E-state index < -0.39 is 0 Å². The molecule has 0 atom stereocenters. The zero-order valence-corrected chi connectivity index (χ0v) is 15.2. The summed E-state index contributed by atoms with van der Waals surface area (Å²) in [7, 11) is 0. The molecule has 0 unspecified atom stereocenters. The summed E-state index contributed by atoms with van der Waals surface area (Å²) in [5.41, 5.74) is 3.46. The highest BCUT2D eigenvalue weighted by atomic mass is 35.5. The molecule has 0 aliphatic carbocycles. The van der Waals surface area contributed by atoms with Crippen molar-refractivity contribution in [1.29, 1.82) is 0 Å². The van der Waals surface area contributed by atoms with Crippen molar-refractivity contribution in [3.63, 3.8) is 0 Å². The fourth-order valence-corrected chi connectivity index (χ4v) is 2.72. The molecule has 1 fully saturated rings. The number of nitrogens with zero attached hydrogens (tertiary/aromatic N) is 1. The molecule has 0 spiro atoms. The van der Waals surface area contributed by atoms with Crippen LogP contribution in [0.25, 0.3) is 0 Å². The summed E-state index contributed by atoms with van der Waals surface area (Å²) in [6, 6.07) is 13.4. The molecule has 2 aromatic carbocycles. The summed E-state index contributed by atoms with van der Waals surface area (Å²) < 4.78 is 5.51. The molecule has 1 heterocycles. The van der Waals surface area contributed by atoms with E-state index >= 15 is 0 Å². The normalized spacial score (nSPS) is 13.9. The molecule has 8 heteroatoms. The third-order valence-corrected chi connectivity index (χ3v) is 4.13. The Morgan fingerprint density at radius 3 is 2.67 bits per heavy atom. The van der Waals surface area contributed by atoms with Crippen LogP contribution in [-0.2, 0) is 9.59 Å². The lowest BCUT2D eigenvalue weighted by molar-refractivity contribution is -0.130. The largest absolute Gasteiger partial charge is 0.492 e. The number of carbonyl (C=O) groups excluding carboxylic acids is 3. The number of rotatable bonds is 6. The van der Waals surface area contributed by atoms with Crippen LogP contribution in [0.4, 0.5) is 5.69 Å². The van der Waals surface area contributed by atoms with Gasteiger partial charge < -0.3 is 10.1 Å². The minimum absolute atomic E-state index is 0.167. The summed E-state index contributed by atoms with van der Waals surface area (Å²) >= 11 is 5.88. The smallest absolute Gasteiger partial charge is 0.251 e. The zero-order chi connectivity index (χ0) is 19.2. The minimum Gasteiger partial charge on any atom is -0.492 e. The van der Waals surface area contributed by atoms with Gasteiger partial charge >= 0.3 is 0 Å². The third-order valence-electron chi connectivity index (χ3n) is 3.89.